The lowest BCUT2D eigenvalue weighted by Gasteiger charge is -2.33. The minimum atomic E-state index is -2.22. The van der Waals surface area contributed by atoms with Crippen LogP contribution < -0.4 is 0 Å². The topological polar surface area (TPSA) is 93.1 Å². The number of nitrogens with zero attached hydrogens (tertiary/aromatic N) is 1. The van der Waals surface area contributed by atoms with Gasteiger partial charge in [-0.05, 0) is 19.4 Å². The summed E-state index contributed by atoms with van der Waals surface area (Å²) in [4.78, 5) is 36.4. The average Bonchev–Trinajstić information content (AvgIpc) is 2.57. The molecule has 0 saturated heterocycles. The number of carbonyl (C=O) groups excluding carboxylic acids is 3. The summed E-state index contributed by atoms with van der Waals surface area (Å²) < 4.78 is 9.80. The number of carbonyl (C=O) groups is 3. The normalized spacial score (nSPS) is 12.6. The van der Waals surface area contributed by atoms with Gasteiger partial charge < -0.3 is 9.47 Å². The van der Waals surface area contributed by atoms with Crippen molar-refractivity contribution in [3.05, 3.63) is 48.6 Å². The summed E-state index contributed by atoms with van der Waals surface area (Å²) in [7, 11) is 0. The van der Waals surface area contributed by atoms with Crippen LogP contribution in [-0.2, 0) is 25.7 Å². The first-order chi connectivity index (χ1) is 11.4. The SMILES string of the molecule is C=CC[C@@](C(C)=O)(C(=O)OCC)N(O)C(=O)OCc1ccccc1. The monoisotopic (exact) mass is 335 g/mol. The molecule has 1 atom stereocenters. The molecule has 7 heteroatoms. The van der Waals surface area contributed by atoms with Gasteiger partial charge in [0.1, 0.15) is 6.61 Å². The van der Waals surface area contributed by atoms with Gasteiger partial charge in [-0.25, -0.2) is 9.59 Å². The fourth-order valence-corrected chi connectivity index (χ4v) is 2.09. The third-order valence-corrected chi connectivity index (χ3v) is 3.37. The molecule has 1 aromatic carbocycles. The van der Waals surface area contributed by atoms with Gasteiger partial charge >= 0.3 is 12.1 Å². The number of rotatable bonds is 8. The zero-order valence-corrected chi connectivity index (χ0v) is 13.7. The average molecular weight is 335 g/mol. The molecule has 24 heavy (non-hydrogen) atoms. The zero-order valence-electron chi connectivity index (χ0n) is 13.7. The maximum Gasteiger partial charge on any atom is 0.435 e. The van der Waals surface area contributed by atoms with Crippen molar-refractivity contribution >= 4 is 17.8 Å². The van der Waals surface area contributed by atoms with E-state index >= 15 is 0 Å². The van der Waals surface area contributed by atoms with E-state index < -0.39 is 23.4 Å². The Balaban J connectivity index is 2.99. The molecule has 0 radical (unpaired) electrons. The Morgan fingerprint density at radius 1 is 1.25 bits per heavy atom. The number of hydrogen-bond acceptors (Lipinski definition) is 6. The fraction of sp³-hybridized carbons (Fsp3) is 0.353. The summed E-state index contributed by atoms with van der Waals surface area (Å²) in [6, 6.07) is 8.77. The van der Waals surface area contributed by atoms with Crippen molar-refractivity contribution in [1.82, 2.24) is 5.06 Å². The molecule has 0 aliphatic carbocycles. The van der Waals surface area contributed by atoms with Gasteiger partial charge in [-0.15, -0.1) is 6.58 Å². The van der Waals surface area contributed by atoms with Crippen LogP contribution in [0.5, 0.6) is 0 Å². The molecule has 130 valence electrons. The molecule has 0 bridgehead atoms. The van der Waals surface area contributed by atoms with Crippen molar-refractivity contribution in [2.24, 2.45) is 0 Å². The van der Waals surface area contributed by atoms with Gasteiger partial charge in [-0.1, -0.05) is 36.4 Å². The lowest BCUT2D eigenvalue weighted by molar-refractivity contribution is -0.190. The number of ether oxygens (including phenoxy) is 2. The van der Waals surface area contributed by atoms with Crippen LogP contribution in [0.4, 0.5) is 4.79 Å². The highest BCUT2D eigenvalue weighted by atomic mass is 16.6. The molecule has 0 spiro atoms. The fourth-order valence-electron chi connectivity index (χ4n) is 2.09. The number of ketones is 1. The lowest BCUT2D eigenvalue weighted by atomic mass is 9.90. The summed E-state index contributed by atoms with van der Waals surface area (Å²) in [5, 5.41) is 10.2. The van der Waals surface area contributed by atoms with Crippen LogP contribution in [0.2, 0.25) is 0 Å². The second-order valence-electron chi connectivity index (χ2n) is 4.98. The maximum atomic E-state index is 12.2. The standard InChI is InChI=1S/C17H21NO6/c1-4-11-17(13(3)19,15(20)23-5-2)18(22)16(21)24-12-14-9-7-6-8-10-14/h4,6-10,22H,1,5,11-12H2,2-3H3/t17-/m1/s1. The number of Topliss-reactive ketones (excluding diaryl/α,β-unsaturated/α-hetero) is 1. The number of amides is 1. The highest BCUT2D eigenvalue weighted by Gasteiger charge is 2.52. The number of hydrogen-bond donors (Lipinski definition) is 1. The highest BCUT2D eigenvalue weighted by molar-refractivity contribution is 6.09. The van der Waals surface area contributed by atoms with E-state index in [2.05, 4.69) is 6.58 Å². The Kier molecular flexibility index (Phi) is 7.13. The molecule has 0 aliphatic rings. The third-order valence-electron chi connectivity index (χ3n) is 3.37. The second kappa shape index (κ2) is 8.83. The van der Waals surface area contributed by atoms with Gasteiger partial charge in [0.2, 0.25) is 5.54 Å². The molecule has 1 aromatic rings. The molecule has 0 saturated carbocycles. The molecule has 0 heterocycles. The zero-order chi connectivity index (χ0) is 18.2. The first kappa shape index (κ1) is 19.4. The quantitative estimate of drug-likeness (QED) is 0.258. The van der Waals surface area contributed by atoms with E-state index in [9.17, 15) is 19.6 Å². The van der Waals surface area contributed by atoms with Crippen LogP contribution in [0.1, 0.15) is 25.8 Å². The van der Waals surface area contributed by atoms with Gasteiger partial charge in [0, 0.05) is 6.42 Å². The Morgan fingerprint density at radius 2 is 1.88 bits per heavy atom. The molecule has 0 fully saturated rings. The van der Waals surface area contributed by atoms with Crippen molar-refractivity contribution in [2.75, 3.05) is 6.61 Å². The van der Waals surface area contributed by atoms with Crippen molar-refractivity contribution in [1.29, 1.82) is 0 Å². The summed E-state index contributed by atoms with van der Waals surface area (Å²) in [5.41, 5.74) is -1.53. The molecule has 0 unspecified atom stereocenters. The van der Waals surface area contributed by atoms with Crippen LogP contribution in [0.15, 0.2) is 43.0 Å². The maximum absolute atomic E-state index is 12.2. The van der Waals surface area contributed by atoms with Crippen LogP contribution in [0.25, 0.3) is 0 Å². The summed E-state index contributed by atoms with van der Waals surface area (Å²) in [6.07, 6.45) is -0.298. The molecule has 1 N–H and O–H groups in total. The molecule has 1 rings (SSSR count). The lowest BCUT2D eigenvalue weighted by Crippen LogP contribution is -2.60. The minimum Gasteiger partial charge on any atom is -0.464 e. The molecule has 1 amide bonds. The van der Waals surface area contributed by atoms with Gasteiger partial charge in [0.05, 0.1) is 6.61 Å². The number of benzene rings is 1. The van der Waals surface area contributed by atoms with Crippen LogP contribution in [-0.4, -0.2) is 40.3 Å². The smallest absolute Gasteiger partial charge is 0.435 e. The Bertz CT molecular complexity index is 600. The number of hydroxylamine groups is 2. The van der Waals surface area contributed by atoms with Crippen LogP contribution in [0, 0.1) is 0 Å². The number of esters is 1. The van der Waals surface area contributed by atoms with E-state index in [0.29, 0.717) is 5.56 Å². The van der Waals surface area contributed by atoms with E-state index in [0.717, 1.165) is 6.92 Å². The summed E-state index contributed by atoms with van der Waals surface area (Å²) in [6.45, 7) is 5.94. The molecular weight excluding hydrogens is 314 g/mol. The third kappa shape index (κ3) is 4.20. The van der Waals surface area contributed by atoms with Crippen molar-refractivity contribution < 1.29 is 29.1 Å². The first-order valence-electron chi connectivity index (χ1n) is 7.39. The molecular formula is C17H21NO6. The predicted octanol–water partition coefficient (Wildman–Crippen LogP) is 2.48. The van der Waals surface area contributed by atoms with E-state index in [1.54, 1.807) is 37.3 Å². The van der Waals surface area contributed by atoms with Crippen molar-refractivity contribution in [3.8, 4) is 0 Å². The van der Waals surface area contributed by atoms with Gasteiger partial charge in [0.15, 0.2) is 5.78 Å². The van der Waals surface area contributed by atoms with Gasteiger partial charge in [-0.2, -0.15) is 5.06 Å². The van der Waals surface area contributed by atoms with Crippen LogP contribution in [0.3, 0.4) is 0 Å². The van der Waals surface area contributed by atoms with Crippen LogP contribution >= 0.6 is 0 Å². The van der Waals surface area contributed by atoms with E-state index in [-0.39, 0.29) is 24.7 Å². The first-order valence-corrected chi connectivity index (χ1v) is 7.39. The largest absolute Gasteiger partial charge is 0.464 e. The Hall–Kier alpha value is -2.67. The Labute approximate surface area is 140 Å². The molecule has 0 aliphatic heterocycles. The van der Waals surface area contributed by atoms with Crippen molar-refractivity contribution in [2.45, 2.75) is 32.4 Å². The minimum absolute atomic E-state index is 0.0159. The van der Waals surface area contributed by atoms with E-state index in [1.807, 2.05) is 0 Å². The summed E-state index contributed by atoms with van der Waals surface area (Å²) in [5.74, 6) is -1.81. The van der Waals surface area contributed by atoms with Gasteiger partial charge in [-0.3, -0.25) is 10.0 Å². The molecule has 7 nitrogen and oxygen atoms in total. The predicted molar refractivity (Wildman–Crippen MR) is 85.1 cm³/mol. The van der Waals surface area contributed by atoms with Crippen molar-refractivity contribution in [3.63, 3.8) is 0 Å². The summed E-state index contributed by atoms with van der Waals surface area (Å²) >= 11 is 0. The molecule has 0 aromatic heterocycles. The van der Waals surface area contributed by atoms with E-state index in [1.165, 1.54) is 6.08 Å². The van der Waals surface area contributed by atoms with E-state index in [4.69, 9.17) is 9.47 Å². The Morgan fingerprint density at radius 3 is 2.38 bits per heavy atom. The highest BCUT2D eigenvalue weighted by Crippen LogP contribution is 2.24. The second-order valence-corrected chi connectivity index (χ2v) is 4.98. The van der Waals surface area contributed by atoms with Gasteiger partial charge in [0.25, 0.3) is 0 Å².